The zero-order chi connectivity index (χ0) is 26.3. The number of hydrogen-bond acceptors (Lipinski definition) is 6. The van der Waals surface area contributed by atoms with E-state index in [0.29, 0.717) is 47.3 Å². The topological polar surface area (TPSA) is 85.3 Å². The molecule has 1 N–H and O–H groups in total. The molecular weight excluding hydrogens is 470 g/mol. The molecule has 1 fully saturated rings. The van der Waals surface area contributed by atoms with Crippen LogP contribution in [-0.4, -0.2) is 37.1 Å². The molecular formula is C30H29NO6. The molecule has 0 saturated carbocycles. The monoisotopic (exact) mass is 499 g/mol. The van der Waals surface area contributed by atoms with E-state index in [1.165, 1.54) is 4.90 Å². The number of carbonyl (C=O) groups is 2. The quantitative estimate of drug-likeness (QED) is 0.294. The summed E-state index contributed by atoms with van der Waals surface area (Å²) in [5.74, 6) is -0.0307. The predicted octanol–water partition coefficient (Wildman–Crippen LogP) is 5.39. The van der Waals surface area contributed by atoms with E-state index in [9.17, 15) is 14.7 Å². The van der Waals surface area contributed by atoms with Crippen molar-refractivity contribution in [2.24, 2.45) is 0 Å². The molecule has 37 heavy (non-hydrogen) atoms. The first-order valence-corrected chi connectivity index (χ1v) is 12.1. The molecule has 1 amide bonds. The lowest BCUT2D eigenvalue weighted by Gasteiger charge is -2.28. The molecule has 3 aromatic rings. The van der Waals surface area contributed by atoms with Crippen LogP contribution < -0.4 is 19.1 Å². The highest BCUT2D eigenvalue weighted by atomic mass is 16.6. The summed E-state index contributed by atoms with van der Waals surface area (Å²) in [5, 5.41) is 11.3. The van der Waals surface area contributed by atoms with Crippen LogP contribution in [0.1, 0.15) is 43.5 Å². The largest absolute Gasteiger partial charge is 0.507 e. The normalized spacial score (nSPS) is 18.7. The van der Waals surface area contributed by atoms with E-state index < -0.39 is 17.7 Å². The van der Waals surface area contributed by atoms with E-state index in [2.05, 4.69) is 20.8 Å². The Kier molecular flexibility index (Phi) is 6.15. The number of aliphatic hydroxyl groups excluding tert-OH is 1. The number of methoxy groups -OCH3 is 1. The fraction of sp³-hybridized carbons (Fsp3) is 0.267. The standard InChI is InChI=1S/C30H29NO6/c1-30(2,3)20-9-5-18(6-10-20)26-25(27(32)19-7-12-22(35-4)13-8-19)28(33)29(34)31(26)21-11-14-23-24(17-21)37-16-15-36-23/h5-14,17,26,32H,15-16H2,1-4H3/b27-25+. The molecule has 7 heteroatoms. The smallest absolute Gasteiger partial charge is 0.300 e. The van der Waals surface area contributed by atoms with Crippen molar-refractivity contribution in [2.45, 2.75) is 32.2 Å². The Hall–Kier alpha value is -4.26. The van der Waals surface area contributed by atoms with Crippen molar-refractivity contribution >= 4 is 23.1 Å². The Morgan fingerprint density at radius 1 is 0.919 bits per heavy atom. The van der Waals surface area contributed by atoms with Crippen molar-refractivity contribution in [1.82, 2.24) is 0 Å². The SMILES string of the molecule is COc1ccc(/C(O)=C2\C(=O)C(=O)N(c3ccc4c(c3)OCCO4)C2c2ccc(C(C)(C)C)cc2)cc1. The van der Waals surface area contributed by atoms with Crippen molar-refractivity contribution in [3.63, 3.8) is 0 Å². The third kappa shape index (κ3) is 4.42. The van der Waals surface area contributed by atoms with Crippen LogP contribution in [0.25, 0.3) is 5.76 Å². The van der Waals surface area contributed by atoms with Crippen LogP contribution in [0.15, 0.2) is 72.3 Å². The summed E-state index contributed by atoms with van der Waals surface area (Å²) in [5.41, 5.74) is 2.66. The van der Waals surface area contributed by atoms with Crippen LogP contribution in [0.5, 0.6) is 17.2 Å². The van der Waals surface area contributed by atoms with Crippen LogP contribution >= 0.6 is 0 Å². The van der Waals surface area contributed by atoms with Gasteiger partial charge in [0.25, 0.3) is 11.7 Å². The van der Waals surface area contributed by atoms with Gasteiger partial charge in [0.15, 0.2) is 11.5 Å². The van der Waals surface area contributed by atoms with Crippen molar-refractivity contribution in [3.8, 4) is 17.2 Å². The number of ketones is 1. The maximum atomic E-state index is 13.5. The molecule has 0 aromatic heterocycles. The molecule has 0 spiro atoms. The van der Waals surface area contributed by atoms with E-state index in [4.69, 9.17) is 14.2 Å². The second kappa shape index (κ2) is 9.32. The van der Waals surface area contributed by atoms with E-state index in [1.54, 1.807) is 49.6 Å². The van der Waals surface area contributed by atoms with Gasteiger partial charge in [0.2, 0.25) is 0 Å². The molecule has 2 heterocycles. The third-order valence-corrected chi connectivity index (χ3v) is 6.70. The van der Waals surface area contributed by atoms with Crippen molar-refractivity contribution < 1.29 is 28.9 Å². The Morgan fingerprint density at radius 3 is 2.19 bits per heavy atom. The fourth-order valence-corrected chi connectivity index (χ4v) is 4.67. The van der Waals surface area contributed by atoms with E-state index >= 15 is 0 Å². The molecule has 190 valence electrons. The molecule has 0 bridgehead atoms. The molecule has 1 atom stereocenters. The van der Waals surface area contributed by atoms with Crippen LogP contribution in [0.3, 0.4) is 0 Å². The van der Waals surface area contributed by atoms with Gasteiger partial charge in [-0.05, 0) is 52.9 Å². The Bertz CT molecular complexity index is 1380. The number of ether oxygens (including phenoxy) is 3. The predicted molar refractivity (Wildman–Crippen MR) is 140 cm³/mol. The molecule has 2 aliphatic rings. The lowest BCUT2D eigenvalue weighted by molar-refractivity contribution is -0.132. The second-order valence-electron chi connectivity index (χ2n) is 10.1. The van der Waals surface area contributed by atoms with Crippen LogP contribution in [-0.2, 0) is 15.0 Å². The number of nitrogens with zero attached hydrogens (tertiary/aromatic N) is 1. The maximum absolute atomic E-state index is 13.5. The summed E-state index contributed by atoms with van der Waals surface area (Å²) in [6, 6.07) is 18.8. The first kappa shape index (κ1) is 24.4. The second-order valence-corrected chi connectivity index (χ2v) is 10.1. The Labute approximate surface area is 215 Å². The Morgan fingerprint density at radius 2 is 1.57 bits per heavy atom. The van der Waals surface area contributed by atoms with Gasteiger partial charge in [0.05, 0.1) is 18.7 Å². The summed E-state index contributed by atoms with van der Waals surface area (Å²) in [7, 11) is 1.55. The summed E-state index contributed by atoms with van der Waals surface area (Å²) in [4.78, 5) is 28.3. The molecule has 5 rings (SSSR count). The summed E-state index contributed by atoms with van der Waals surface area (Å²) in [6.45, 7) is 7.19. The van der Waals surface area contributed by atoms with Gasteiger partial charge >= 0.3 is 0 Å². The number of aliphatic hydroxyl groups is 1. The highest BCUT2D eigenvalue weighted by molar-refractivity contribution is 6.51. The average molecular weight is 500 g/mol. The van der Waals surface area contributed by atoms with Crippen molar-refractivity contribution in [2.75, 3.05) is 25.2 Å². The number of hydrogen-bond donors (Lipinski definition) is 1. The lowest BCUT2D eigenvalue weighted by Crippen LogP contribution is -2.29. The van der Waals surface area contributed by atoms with Gasteiger partial charge in [-0.15, -0.1) is 0 Å². The van der Waals surface area contributed by atoms with Crippen LogP contribution in [0.2, 0.25) is 0 Å². The number of fused-ring (bicyclic) bond motifs is 1. The number of rotatable bonds is 4. The van der Waals surface area contributed by atoms with Gasteiger partial charge in [-0.3, -0.25) is 14.5 Å². The molecule has 7 nitrogen and oxygen atoms in total. The number of benzene rings is 3. The molecule has 1 unspecified atom stereocenters. The highest BCUT2D eigenvalue weighted by Gasteiger charge is 2.47. The van der Waals surface area contributed by atoms with E-state index in [-0.39, 0.29) is 16.7 Å². The molecule has 1 saturated heterocycles. The van der Waals surface area contributed by atoms with Crippen molar-refractivity contribution in [1.29, 1.82) is 0 Å². The third-order valence-electron chi connectivity index (χ3n) is 6.70. The molecule has 2 aliphatic heterocycles. The van der Waals surface area contributed by atoms with Gasteiger partial charge in [-0.2, -0.15) is 0 Å². The number of amides is 1. The summed E-state index contributed by atoms with van der Waals surface area (Å²) >= 11 is 0. The van der Waals surface area contributed by atoms with Gasteiger partial charge in [-0.25, -0.2) is 0 Å². The summed E-state index contributed by atoms with van der Waals surface area (Å²) in [6.07, 6.45) is 0. The minimum atomic E-state index is -0.835. The number of Topliss-reactive ketones (excluding diaryl/α,β-unsaturated/α-hetero) is 1. The van der Waals surface area contributed by atoms with E-state index in [1.807, 2.05) is 24.3 Å². The highest BCUT2D eigenvalue weighted by Crippen LogP contribution is 2.45. The van der Waals surface area contributed by atoms with Crippen LogP contribution in [0, 0.1) is 0 Å². The fourth-order valence-electron chi connectivity index (χ4n) is 4.67. The van der Waals surface area contributed by atoms with Gasteiger partial charge in [-0.1, -0.05) is 45.0 Å². The Balaban J connectivity index is 1.67. The zero-order valence-electron chi connectivity index (χ0n) is 21.3. The lowest BCUT2D eigenvalue weighted by atomic mass is 9.85. The maximum Gasteiger partial charge on any atom is 0.300 e. The summed E-state index contributed by atoms with van der Waals surface area (Å²) < 4.78 is 16.6. The minimum absolute atomic E-state index is 0.0218. The van der Waals surface area contributed by atoms with Gasteiger partial charge in [0.1, 0.15) is 24.7 Å². The zero-order valence-corrected chi connectivity index (χ0v) is 21.3. The number of anilines is 1. The minimum Gasteiger partial charge on any atom is -0.507 e. The van der Waals surface area contributed by atoms with Gasteiger partial charge < -0.3 is 19.3 Å². The average Bonchev–Trinajstić information content (AvgIpc) is 3.17. The van der Waals surface area contributed by atoms with E-state index in [0.717, 1.165) is 5.56 Å². The van der Waals surface area contributed by atoms with Gasteiger partial charge in [0, 0.05) is 17.3 Å². The molecule has 0 aliphatic carbocycles. The first-order valence-electron chi connectivity index (χ1n) is 12.1. The van der Waals surface area contributed by atoms with Crippen LogP contribution in [0.4, 0.5) is 5.69 Å². The first-order chi connectivity index (χ1) is 17.7. The molecule has 0 radical (unpaired) electrons. The van der Waals surface area contributed by atoms with Crippen molar-refractivity contribution in [3.05, 3.63) is 89.0 Å². The molecule has 3 aromatic carbocycles. The number of carbonyl (C=O) groups excluding carboxylic acids is 2.